The number of benzene rings is 1. The molecule has 1 amide bonds. The van der Waals surface area contributed by atoms with Crippen LogP contribution in [-0.2, 0) is 11.3 Å². The standard InChI is InChI=1S/C14H20ClN3O/c1-17(2)14(19)13-9-16-6-7-18(13)10-11-4-3-5-12(15)8-11/h3-5,8,13,16H,6-7,9-10H2,1-2H3. The summed E-state index contributed by atoms with van der Waals surface area (Å²) in [6.45, 7) is 3.25. The number of rotatable bonds is 3. The molecule has 1 atom stereocenters. The maximum atomic E-state index is 12.2. The van der Waals surface area contributed by atoms with Crippen LogP contribution in [0.1, 0.15) is 5.56 Å². The maximum Gasteiger partial charge on any atom is 0.240 e. The van der Waals surface area contributed by atoms with Gasteiger partial charge < -0.3 is 10.2 Å². The zero-order chi connectivity index (χ0) is 13.8. The smallest absolute Gasteiger partial charge is 0.240 e. The minimum absolute atomic E-state index is 0.0947. The van der Waals surface area contributed by atoms with E-state index in [4.69, 9.17) is 11.6 Å². The molecule has 0 bridgehead atoms. The van der Waals surface area contributed by atoms with Crippen LogP contribution in [0.4, 0.5) is 0 Å². The quantitative estimate of drug-likeness (QED) is 0.904. The highest BCUT2D eigenvalue weighted by Crippen LogP contribution is 2.15. The average Bonchev–Trinajstić information content (AvgIpc) is 2.38. The highest BCUT2D eigenvalue weighted by molar-refractivity contribution is 6.30. The summed E-state index contributed by atoms with van der Waals surface area (Å²) in [5.41, 5.74) is 1.14. The van der Waals surface area contributed by atoms with Gasteiger partial charge in [-0.3, -0.25) is 9.69 Å². The summed E-state index contributed by atoms with van der Waals surface area (Å²) >= 11 is 6.01. The molecule has 1 fully saturated rings. The molecule has 1 unspecified atom stereocenters. The van der Waals surface area contributed by atoms with Gasteiger partial charge in [0.25, 0.3) is 0 Å². The molecule has 1 heterocycles. The predicted octanol–water partition coefficient (Wildman–Crippen LogP) is 1.20. The molecule has 1 aromatic rings. The first kappa shape index (κ1) is 14.3. The molecule has 1 aromatic carbocycles. The topological polar surface area (TPSA) is 35.6 Å². The second-order valence-electron chi connectivity index (χ2n) is 5.05. The molecule has 5 heteroatoms. The lowest BCUT2D eigenvalue weighted by atomic mass is 10.1. The number of nitrogens with zero attached hydrogens (tertiary/aromatic N) is 2. The first-order valence-corrected chi connectivity index (χ1v) is 6.86. The van der Waals surface area contributed by atoms with Gasteiger partial charge in [0.1, 0.15) is 6.04 Å². The highest BCUT2D eigenvalue weighted by atomic mass is 35.5. The van der Waals surface area contributed by atoms with Crippen molar-refractivity contribution in [3.8, 4) is 0 Å². The Morgan fingerprint density at radius 3 is 3.00 bits per heavy atom. The van der Waals surface area contributed by atoms with Gasteiger partial charge in [0.15, 0.2) is 0 Å². The van der Waals surface area contributed by atoms with E-state index in [0.29, 0.717) is 6.54 Å². The van der Waals surface area contributed by atoms with Gasteiger partial charge >= 0.3 is 0 Å². The molecule has 1 aliphatic rings. The van der Waals surface area contributed by atoms with E-state index in [1.54, 1.807) is 19.0 Å². The summed E-state index contributed by atoms with van der Waals surface area (Å²) in [6, 6.07) is 7.72. The predicted molar refractivity (Wildman–Crippen MR) is 77.2 cm³/mol. The van der Waals surface area contributed by atoms with E-state index in [1.165, 1.54) is 0 Å². The monoisotopic (exact) mass is 281 g/mol. The second kappa shape index (κ2) is 6.37. The zero-order valence-corrected chi connectivity index (χ0v) is 12.2. The lowest BCUT2D eigenvalue weighted by Crippen LogP contribution is -2.57. The van der Waals surface area contributed by atoms with Crippen molar-refractivity contribution in [1.29, 1.82) is 0 Å². The highest BCUT2D eigenvalue weighted by Gasteiger charge is 2.29. The SMILES string of the molecule is CN(C)C(=O)C1CNCCN1Cc1cccc(Cl)c1. The van der Waals surface area contributed by atoms with Gasteiger partial charge in [-0.2, -0.15) is 0 Å². The van der Waals surface area contributed by atoms with E-state index >= 15 is 0 Å². The summed E-state index contributed by atoms with van der Waals surface area (Å²) in [5.74, 6) is 0.147. The Bertz CT molecular complexity index is 450. The first-order chi connectivity index (χ1) is 9.08. The van der Waals surface area contributed by atoms with Crippen molar-refractivity contribution in [2.75, 3.05) is 33.7 Å². The van der Waals surface area contributed by atoms with Crippen LogP contribution >= 0.6 is 11.6 Å². The molecule has 2 rings (SSSR count). The normalized spacial score (nSPS) is 20.3. The number of carbonyl (C=O) groups is 1. The van der Waals surface area contributed by atoms with Crippen LogP contribution in [0, 0.1) is 0 Å². The van der Waals surface area contributed by atoms with Crippen LogP contribution < -0.4 is 5.32 Å². The molecule has 0 aliphatic carbocycles. The molecule has 19 heavy (non-hydrogen) atoms. The van der Waals surface area contributed by atoms with Gasteiger partial charge in [-0.05, 0) is 17.7 Å². The number of likely N-dealkylation sites (N-methyl/N-ethyl adjacent to an activating group) is 1. The van der Waals surface area contributed by atoms with E-state index in [0.717, 1.165) is 30.2 Å². The third-order valence-electron chi connectivity index (χ3n) is 3.35. The molecule has 1 saturated heterocycles. The number of halogens is 1. The van der Waals surface area contributed by atoms with Crippen molar-refractivity contribution < 1.29 is 4.79 Å². The third-order valence-corrected chi connectivity index (χ3v) is 3.59. The number of piperazine rings is 1. The number of nitrogens with one attached hydrogen (secondary N) is 1. The molecule has 0 aromatic heterocycles. The summed E-state index contributed by atoms with van der Waals surface area (Å²) < 4.78 is 0. The fourth-order valence-corrected chi connectivity index (χ4v) is 2.56. The van der Waals surface area contributed by atoms with E-state index in [1.807, 2.05) is 24.3 Å². The largest absolute Gasteiger partial charge is 0.347 e. The lowest BCUT2D eigenvalue weighted by molar-refractivity contribution is -0.135. The third kappa shape index (κ3) is 3.69. The molecule has 1 N–H and O–H groups in total. The van der Waals surface area contributed by atoms with Crippen molar-refractivity contribution in [3.63, 3.8) is 0 Å². The van der Waals surface area contributed by atoms with Crippen LogP contribution in [0.5, 0.6) is 0 Å². The van der Waals surface area contributed by atoms with Crippen molar-refractivity contribution in [2.24, 2.45) is 0 Å². The first-order valence-electron chi connectivity index (χ1n) is 6.48. The van der Waals surface area contributed by atoms with Crippen molar-refractivity contribution in [1.82, 2.24) is 15.1 Å². The van der Waals surface area contributed by atoms with E-state index < -0.39 is 0 Å². The fraction of sp³-hybridized carbons (Fsp3) is 0.500. The van der Waals surface area contributed by atoms with E-state index in [9.17, 15) is 4.79 Å². The van der Waals surface area contributed by atoms with Crippen LogP contribution in [0.25, 0.3) is 0 Å². The Balaban J connectivity index is 2.09. The Kier molecular flexibility index (Phi) is 4.80. The summed E-state index contributed by atoms with van der Waals surface area (Å²) in [7, 11) is 3.60. The number of amides is 1. The molecular weight excluding hydrogens is 262 g/mol. The second-order valence-corrected chi connectivity index (χ2v) is 5.49. The molecule has 0 spiro atoms. The van der Waals surface area contributed by atoms with E-state index in [2.05, 4.69) is 10.2 Å². The van der Waals surface area contributed by atoms with Gasteiger partial charge in [-0.15, -0.1) is 0 Å². The Morgan fingerprint density at radius 2 is 2.32 bits per heavy atom. The van der Waals surface area contributed by atoms with Crippen molar-refractivity contribution in [3.05, 3.63) is 34.9 Å². The van der Waals surface area contributed by atoms with Gasteiger partial charge in [0.05, 0.1) is 0 Å². The van der Waals surface area contributed by atoms with Crippen LogP contribution in [0.3, 0.4) is 0 Å². The Morgan fingerprint density at radius 1 is 1.53 bits per heavy atom. The zero-order valence-electron chi connectivity index (χ0n) is 11.4. The molecule has 104 valence electrons. The number of carbonyl (C=O) groups excluding carboxylic acids is 1. The molecule has 0 radical (unpaired) electrons. The van der Waals surface area contributed by atoms with Crippen LogP contribution in [0.2, 0.25) is 5.02 Å². The summed E-state index contributed by atoms with van der Waals surface area (Å²) in [4.78, 5) is 16.1. The molecule has 0 saturated carbocycles. The number of hydrogen-bond acceptors (Lipinski definition) is 3. The average molecular weight is 282 g/mol. The van der Waals surface area contributed by atoms with Gasteiger partial charge in [0, 0.05) is 45.3 Å². The summed E-state index contributed by atoms with van der Waals surface area (Å²) in [5, 5.41) is 4.02. The van der Waals surface area contributed by atoms with Crippen molar-refractivity contribution in [2.45, 2.75) is 12.6 Å². The number of hydrogen-bond donors (Lipinski definition) is 1. The minimum atomic E-state index is -0.0947. The Hall–Kier alpha value is -1.10. The molecule has 4 nitrogen and oxygen atoms in total. The fourth-order valence-electron chi connectivity index (χ4n) is 2.35. The minimum Gasteiger partial charge on any atom is -0.347 e. The van der Waals surface area contributed by atoms with Gasteiger partial charge in [-0.25, -0.2) is 0 Å². The van der Waals surface area contributed by atoms with Crippen LogP contribution in [0.15, 0.2) is 24.3 Å². The lowest BCUT2D eigenvalue weighted by Gasteiger charge is -2.36. The summed E-state index contributed by atoms with van der Waals surface area (Å²) in [6.07, 6.45) is 0. The molecular formula is C14H20ClN3O. The van der Waals surface area contributed by atoms with Gasteiger partial charge in [0.2, 0.25) is 5.91 Å². The Labute approximate surface area is 119 Å². The maximum absolute atomic E-state index is 12.2. The van der Waals surface area contributed by atoms with Crippen LogP contribution in [-0.4, -0.2) is 55.5 Å². The van der Waals surface area contributed by atoms with E-state index in [-0.39, 0.29) is 11.9 Å². The van der Waals surface area contributed by atoms with Gasteiger partial charge in [-0.1, -0.05) is 23.7 Å². The molecule has 1 aliphatic heterocycles. The van der Waals surface area contributed by atoms with Crippen molar-refractivity contribution >= 4 is 17.5 Å².